The summed E-state index contributed by atoms with van der Waals surface area (Å²) in [4.78, 5) is 47.3. The monoisotopic (exact) mass is 588 g/mol. The van der Waals surface area contributed by atoms with Gasteiger partial charge in [-0.25, -0.2) is 9.97 Å². The minimum absolute atomic E-state index is 0. The quantitative estimate of drug-likeness (QED) is 0.270. The maximum atomic E-state index is 10.2. The van der Waals surface area contributed by atoms with Crippen LogP contribution in [0.1, 0.15) is 42.0 Å². The van der Waals surface area contributed by atoms with Gasteiger partial charge in [0, 0.05) is 0 Å². The average Bonchev–Trinajstić information content (AvgIpc) is 2.74. The van der Waals surface area contributed by atoms with E-state index in [1.807, 2.05) is 24.3 Å². The van der Waals surface area contributed by atoms with Gasteiger partial charge in [0.1, 0.15) is 11.4 Å². The van der Waals surface area contributed by atoms with E-state index < -0.39 is 46.7 Å². The maximum Gasteiger partial charge on any atom is 2.00 e. The molecule has 0 saturated heterocycles. The molecule has 214 valence electrons. The van der Waals surface area contributed by atoms with Crippen molar-refractivity contribution in [3.63, 3.8) is 0 Å². The minimum atomic E-state index is -1.52. The summed E-state index contributed by atoms with van der Waals surface area (Å²) >= 11 is 0. The number of carboxylic acid groups (broad SMARTS) is 4. The second-order valence-electron chi connectivity index (χ2n) is 5.79. The van der Waals surface area contributed by atoms with Crippen molar-refractivity contribution in [2.45, 2.75) is 0 Å². The average molecular weight is 589 g/mol. The van der Waals surface area contributed by atoms with E-state index in [2.05, 4.69) is 21.4 Å². The van der Waals surface area contributed by atoms with Crippen LogP contribution in [-0.4, -0.2) is 61.2 Å². The number of aromatic carboxylic acids is 4. The van der Waals surface area contributed by atoms with Crippen molar-refractivity contribution in [1.29, 1.82) is 0 Å². The van der Waals surface area contributed by atoms with Gasteiger partial charge in [0.05, 0.1) is 52.7 Å². The Morgan fingerprint density at radius 2 is 0.711 bits per heavy atom. The molecule has 0 fully saturated rings. The fourth-order valence-corrected chi connectivity index (χ4v) is 1.95. The molecule has 0 bridgehead atoms. The number of benzene rings is 1. The number of carbonyl (C=O) groups is 4. The zero-order chi connectivity index (χ0) is 24.3. The first-order valence-electron chi connectivity index (χ1n) is 8.54. The van der Waals surface area contributed by atoms with Gasteiger partial charge in [0.15, 0.2) is 0 Å². The van der Waals surface area contributed by atoms with Crippen LogP contribution in [0.15, 0.2) is 60.7 Å². The number of hydrogen-bond donors (Lipinski definition) is 2. The number of rotatable bonds is 4. The van der Waals surface area contributed by atoms with Crippen molar-refractivity contribution in [2.75, 3.05) is 0 Å². The number of carboxylic acids is 4. The largest absolute Gasteiger partial charge is 2.00 e. The van der Waals surface area contributed by atoms with E-state index in [1.165, 1.54) is 12.1 Å². The normalized spacial score (nSPS) is 7.84. The Balaban J connectivity index is -0.0000000952. The molecule has 18 heteroatoms. The smallest absolute Gasteiger partial charge is 0.543 e. The Bertz CT molecular complexity index is 1010. The van der Waals surface area contributed by atoms with Gasteiger partial charge in [-0.15, -0.1) is 0 Å². The van der Waals surface area contributed by atoms with Gasteiger partial charge < -0.3 is 78.5 Å². The van der Waals surface area contributed by atoms with Crippen LogP contribution in [0, 0.1) is 0 Å². The van der Waals surface area contributed by atoms with Gasteiger partial charge in [-0.1, -0.05) is 18.2 Å². The molecule has 0 aliphatic rings. The van der Waals surface area contributed by atoms with Gasteiger partial charge in [-0.2, -0.15) is 0 Å². The Morgan fingerprint density at radius 1 is 0.500 bits per heavy atom. The molecule has 0 atom stereocenters. The Labute approximate surface area is 223 Å². The fraction of sp³-hybridized carbons (Fsp3) is 0. The summed E-state index contributed by atoms with van der Waals surface area (Å²) < 4.78 is 0. The molecule has 0 radical (unpaired) electrons. The first kappa shape index (κ1) is 46.9. The van der Waals surface area contributed by atoms with Crippen LogP contribution in [0.2, 0.25) is 0 Å². The van der Waals surface area contributed by atoms with Crippen LogP contribution >= 0.6 is 0 Å². The fourth-order valence-electron chi connectivity index (χ4n) is 1.95. The summed E-state index contributed by atoms with van der Waals surface area (Å²) in [6.45, 7) is 0. The van der Waals surface area contributed by atoms with E-state index in [9.17, 15) is 39.6 Å². The predicted molar refractivity (Wildman–Crippen MR) is 115 cm³/mol. The second kappa shape index (κ2) is 23.0. The standard InChI is InChI=1S/2C7H5NO4.C6H8N2.Ni.5H2O/c2*9-6(10)4-2-1-3-5(8-4)7(11)12;7-5-2-1-3-6(8)4-5;;;;;;/h2*1-3H,(H,9,10)(H,11,12);1-4H,7-8H2;;5*1H2/q;;;+2;;;;;/p-2. The number of nitrogens with zero attached hydrogens (tertiary/aromatic N) is 2. The van der Waals surface area contributed by atoms with Gasteiger partial charge in [0.25, 0.3) is 0 Å². The van der Waals surface area contributed by atoms with Crippen LogP contribution in [0.5, 0.6) is 0 Å². The third kappa shape index (κ3) is 17.1. The molecule has 0 aliphatic heterocycles. The summed E-state index contributed by atoms with van der Waals surface area (Å²) in [6.07, 6.45) is 0. The zero-order valence-electron chi connectivity index (χ0n) is 19.2. The molecule has 0 unspecified atom stereocenters. The van der Waals surface area contributed by atoms with E-state index in [4.69, 9.17) is 0 Å². The van der Waals surface area contributed by atoms with Crippen molar-refractivity contribution in [3.05, 3.63) is 83.4 Å². The van der Waals surface area contributed by atoms with E-state index in [-0.39, 0.29) is 43.9 Å². The van der Waals surface area contributed by atoms with Gasteiger partial charge in [0.2, 0.25) is 0 Å². The van der Waals surface area contributed by atoms with Crippen molar-refractivity contribution in [3.8, 4) is 0 Å². The molecule has 0 amide bonds. The number of aromatic nitrogens is 2. The van der Waals surface area contributed by atoms with Gasteiger partial charge in [-0.3, -0.25) is 0 Å². The molecule has 3 aromatic rings. The SMILES string of the molecule is O.O.O.O.O.O=C([O-])c1cccc(C(=O)[O-])n1.O=C([O-])c1cccc(C(=O)[O-])n1.[NH3+]c1cccc([NH3+])c1.[Ni+2]. The van der Waals surface area contributed by atoms with Crippen LogP contribution in [0.25, 0.3) is 0 Å². The Kier molecular flexibility index (Phi) is 28.4. The number of carbonyl (C=O) groups excluding carboxylic acids is 4. The molecule has 16 N–H and O–H groups in total. The first-order valence-corrected chi connectivity index (χ1v) is 8.54. The molecule has 17 nitrogen and oxygen atoms in total. The maximum absolute atomic E-state index is 10.2. The zero-order valence-corrected chi connectivity index (χ0v) is 20.2. The molecule has 2 aromatic heterocycles. The molecule has 38 heavy (non-hydrogen) atoms. The third-order valence-electron chi connectivity index (χ3n) is 3.33. The number of quaternary nitrogens is 2. The van der Waals surface area contributed by atoms with E-state index in [0.29, 0.717) is 0 Å². The first-order chi connectivity index (χ1) is 15.0. The Hall–Kier alpha value is -4.39. The number of pyridine rings is 2. The Morgan fingerprint density at radius 3 is 0.868 bits per heavy atom. The second-order valence-corrected chi connectivity index (χ2v) is 5.79. The molecule has 0 spiro atoms. The molecular weight excluding hydrogens is 563 g/mol. The summed E-state index contributed by atoms with van der Waals surface area (Å²) in [5, 5.41) is 40.8. The van der Waals surface area contributed by atoms with Crippen molar-refractivity contribution in [2.24, 2.45) is 0 Å². The summed E-state index contributed by atoms with van der Waals surface area (Å²) in [5.74, 6) is -6.06. The van der Waals surface area contributed by atoms with Gasteiger partial charge >= 0.3 is 16.5 Å². The molecule has 0 saturated carbocycles. The van der Waals surface area contributed by atoms with E-state index >= 15 is 0 Å². The van der Waals surface area contributed by atoms with Gasteiger partial charge in [-0.05, 0) is 36.4 Å². The summed E-state index contributed by atoms with van der Waals surface area (Å²) in [6, 6.07) is 14.9. The van der Waals surface area contributed by atoms with Crippen LogP contribution in [0.4, 0.5) is 11.4 Å². The predicted octanol–water partition coefficient (Wildman–Crippen LogP) is -9.08. The summed E-state index contributed by atoms with van der Waals surface area (Å²) in [5.41, 5.74) is 7.85. The van der Waals surface area contributed by atoms with Crippen LogP contribution in [0.3, 0.4) is 0 Å². The number of hydrogen-bond acceptors (Lipinski definition) is 10. The van der Waals surface area contributed by atoms with Crippen molar-refractivity contribution >= 4 is 35.3 Å². The van der Waals surface area contributed by atoms with Crippen molar-refractivity contribution < 1.29 is 94.9 Å². The molecule has 2 heterocycles. The van der Waals surface area contributed by atoms with E-state index in [0.717, 1.165) is 35.6 Å². The third-order valence-corrected chi connectivity index (χ3v) is 3.33. The van der Waals surface area contributed by atoms with E-state index in [1.54, 1.807) is 0 Å². The molecule has 1 aromatic carbocycles. The molecule has 3 rings (SSSR count). The summed E-state index contributed by atoms with van der Waals surface area (Å²) in [7, 11) is 0. The minimum Gasteiger partial charge on any atom is -0.543 e. The van der Waals surface area contributed by atoms with Crippen LogP contribution in [-0.2, 0) is 16.5 Å². The topological polar surface area (TPSA) is 399 Å². The van der Waals surface area contributed by atoms with Crippen molar-refractivity contribution in [1.82, 2.24) is 9.97 Å². The van der Waals surface area contributed by atoms with Crippen LogP contribution < -0.4 is 31.9 Å². The molecular formula is C20H26N4NiO13. The molecule has 0 aliphatic carbocycles.